The first kappa shape index (κ1) is 13.2. The molecular formula is C14H18N2OS. The molecule has 2 aromatic rings. The molecule has 1 unspecified atom stereocenters. The topological polar surface area (TPSA) is 38.0 Å². The summed E-state index contributed by atoms with van der Waals surface area (Å²) >= 11 is 1.66. The summed E-state index contributed by atoms with van der Waals surface area (Å²) in [7, 11) is 0. The van der Waals surface area contributed by atoms with Crippen molar-refractivity contribution in [3.05, 3.63) is 47.8 Å². The third kappa shape index (κ3) is 2.94. The molecule has 1 aromatic heterocycles. The van der Waals surface area contributed by atoms with Crippen LogP contribution in [0.2, 0.25) is 0 Å². The van der Waals surface area contributed by atoms with E-state index in [-0.39, 0.29) is 0 Å². The Morgan fingerprint density at radius 2 is 2.17 bits per heavy atom. The average Bonchev–Trinajstić information content (AvgIpc) is 2.86. The largest absolute Gasteiger partial charge is 0.388 e. The van der Waals surface area contributed by atoms with E-state index in [0.717, 1.165) is 22.6 Å². The minimum absolute atomic E-state index is 0.469. The quantitative estimate of drug-likeness (QED) is 0.842. The first-order valence-electron chi connectivity index (χ1n) is 6.07. The Labute approximate surface area is 112 Å². The van der Waals surface area contributed by atoms with Crippen LogP contribution in [0.1, 0.15) is 24.2 Å². The standard InChI is InChI=1S/C14H18N2OS/c1-3-16-10-11(9-15-16)8-13(17)12-6-4-5-7-14(12)18-2/h4-7,9-10,13,17H,3,8H2,1-2H3. The smallest absolute Gasteiger partial charge is 0.0842 e. The Morgan fingerprint density at radius 1 is 1.39 bits per heavy atom. The Balaban J connectivity index is 2.13. The molecule has 3 nitrogen and oxygen atoms in total. The molecular weight excluding hydrogens is 244 g/mol. The number of hydrogen-bond acceptors (Lipinski definition) is 3. The van der Waals surface area contributed by atoms with Crippen LogP contribution in [0.5, 0.6) is 0 Å². The fourth-order valence-corrected chi connectivity index (χ4v) is 2.61. The number of aliphatic hydroxyl groups excluding tert-OH is 1. The van der Waals surface area contributed by atoms with Gasteiger partial charge in [-0.1, -0.05) is 18.2 Å². The Bertz CT molecular complexity index is 510. The van der Waals surface area contributed by atoms with Crippen LogP contribution in [-0.4, -0.2) is 21.1 Å². The lowest BCUT2D eigenvalue weighted by Crippen LogP contribution is -2.02. The molecule has 18 heavy (non-hydrogen) atoms. The van der Waals surface area contributed by atoms with Crippen LogP contribution in [0.3, 0.4) is 0 Å². The van der Waals surface area contributed by atoms with Crippen LogP contribution in [0.25, 0.3) is 0 Å². The van der Waals surface area contributed by atoms with Crippen LogP contribution in [0, 0.1) is 0 Å². The Hall–Kier alpha value is -1.26. The van der Waals surface area contributed by atoms with Gasteiger partial charge in [0.2, 0.25) is 0 Å². The van der Waals surface area contributed by atoms with Gasteiger partial charge >= 0.3 is 0 Å². The maximum Gasteiger partial charge on any atom is 0.0842 e. The maximum atomic E-state index is 10.3. The minimum Gasteiger partial charge on any atom is -0.388 e. The fourth-order valence-electron chi connectivity index (χ4n) is 1.96. The summed E-state index contributed by atoms with van der Waals surface area (Å²) in [5.74, 6) is 0. The van der Waals surface area contributed by atoms with Crippen molar-refractivity contribution < 1.29 is 5.11 Å². The van der Waals surface area contributed by atoms with E-state index in [2.05, 4.69) is 12.0 Å². The number of rotatable bonds is 5. The predicted octanol–water partition coefficient (Wildman–Crippen LogP) is 2.90. The second-order valence-corrected chi connectivity index (χ2v) is 5.01. The third-order valence-electron chi connectivity index (χ3n) is 2.94. The van der Waals surface area contributed by atoms with Gasteiger partial charge in [0.1, 0.15) is 0 Å². The molecule has 0 radical (unpaired) electrons. The third-order valence-corrected chi connectivity index (χ3v) is 3.75. The highest BCUT2D eigenvalue weighted by atomic mass is 32.2. The summed E-state index contributed by atoms with van der Waals surface area (Å²) in [6.45, 7) is 2.91. The molecule has 0 aliphatic heterocycles. The summed E-state index contributed by atoms with van der Waals surface area (Å²) < 4.78 is 1.88. The van der Waals surface area contributed by atoms with E-state index in [0.29, 0.717) is 6.42 Å². The van der Waals surface area contributed by atoms with Crippen LogP contribution < -0.4 is 0 Å². The van der Waals surface area contributed by atoms with E-state index in [1.807, 2.05) is 47.6 Å². The predicted molar refractivity (Wildman–Crippen MR) is 74.8 cm³/mol. The van der Waals surface area contributed by atoms with Crippen LogP contribution in [0.4, 0.5) is 0 Å². The van der Waals surface area contributed by atoms with Crippen molar-refractivity contribution in [3.63, 3.8) is 0 Å². The van der Waals surface area contributed by atoms with Gasteiger partial charge in [0.25, 0.3) is 0 Å². The van der Waals surface area contributed by atoms with Gasteiger partial charge in [-0.25, -0.2) is 0 Å². The van der Waals surface area contributed by atoms with Crippen molar-refractivity contribution in [1.82, 2.24) is 9.78 Å². The zero-order valence-corrected chi connectivity index (χ0v) is 11.5. The molecule has 0 bridgehead atoms. The number of aliphatic hydroxyl groups is 1. The molecule has 0 fully saturated rings. The number of benzene rings is 1. The number of nitrogens with zero attached hydrogens (tertiary/aromatic N) is 2. The van der Waals surface area contributed by atoms with Crippen LogP contribution in [0.15, 0.2) is 41.6 Å². The summed E-state index contributed by atoms with van der Waals surface area (Å²) in [6.07, 6.45) is 5.99. The van der Waals surface area contributed by atoms with Gasteiger partial charge in [-0.15, -0.1) is 11.8 Å². The number of thioether (sulfide) groups is 1. The monoisotopic (exact) mass is 262 g/mol. The Morgan fingerprint density at radius 3 is 2.83 bits per heavy atom. The van der Waals surface area contributed by atoms with Gasteiger partial charge in [-0.05, 0) is 30.4 Å². The van der Waals surface area contributed by atoms with E-state index in [1.165, 1.54) is 0 Å². The second kappa shape index (κ2) is 6.07. The van der Waals surface area contributed by atoms with Crippen LogP contribution in [-0.2, 0) is 13.0 Å². The zero-order chi connectivity index (χ0) is 13.0. The van der Waals surface area contributed by atoms with Crippen molar-refractivity contribution in [1.29, 1.82) is 0 Å². The van der Waals surface area contributed by atoms with E-state index >= 15 is 0 Å². The van der Waals surface area contributed by atoms with Crippen molar-refractivity contribution in [2.75, 3.05) is 6.26 Å². The van der Waals surface area contributed by atoms with E-state index in [4.69, 9.17) is 0 Å². The molecule has 0 spiro atoms. The van der Waals surface area contributed by atoms with Gasteiger partial charge in [0, 0.05) is 24.1 Å². The molecule has 1 N–H and O–H groups in total. The number of aromatic nitrogens is 2. The molecule has 1 atom stereocenters. The molecule has 0 saturated carbocycles. The normalized spacial score (nSPS) is 12.6. The molecule has 0 aliphatic rings. The lowest BCUT2D eigenvalue weighted by molar-refractivity contribution is 0.175. The van der Waals surface area contributed by atoms with E-state index in [9.17, 15) is 5.11 Å². The Kier molecular flexibility index (Phi) is 4.44. The van der Waals surface area contributed by atoms with Gasteiger partial charge in [-0.3, -0.25) is 4.68 Å². The van der Waals surface area contributed by atoms with Crippen molar-refractivity contribution in [3.8, 4) is 0 Å². The lowest BCUT2D eigenvalue weighted by atomic mass is 10.0. The number of aryl methyl sites for hydroxylation is 1. The molecule has 1 heterocycles. The number of hydrogen-bond donors (Lipinski definition) is 1. The lowest BCUT2D eigenvalue weighted by Gasteiger charge is -2.13. The van der Waals surface area contributed by atoms with Crippen molar-refractivity contribution in [2.45, 2.75) is 30.9 Å². The SMILES string of the molecule is CCn1cc(CC(O)c2ccccc2SC)cn1. The van der Waals surface area contributed by atoms with Gasteiger partial charge < -0.3 is 5.11 Å². The average molecular weight is 262 g/mol. The molecule has 0 saturated heterocycles. The summed E-state index contributed by atoms with van der Waals surface area (Å²) in [5.41, 5.74) is 2.06. The zero-order valence-electron chi connectivity index (χ0n) is 10.7. The highest BCUT2D eigenvalue weighted by molar-refractivity contribution is 7.98. The van der Waals surface area contributed by atoms with Gasteiger partial charge in [0.05, 0.1) is 12.3 Å². The first-order valence-corrected chi connectivity index (χ1v) is 7.29. The summed E-state index contributed by atoms with van der Waals surface area (Å²) in [4.78, 5) is 1.13. The van der Waals surface area contributed by atoms with E-state index in [1.54, 1.807) is 11.8 Å². The highest BCUT2D eigenvalue weighted by Crippen LogP contribution is 2.27. The molecule has 4 heteroatoms. The molecule has 1 aromatic carbocycles. The molecule has 0 aliphatic carbocycles. The minimum atomic E-state index is -0.469. The highest BCUT2D eigenvalue weighted by Gasteiger charge is 2.13. The molecule has 2 rings (SSSR count). The maximum absolute atomic E-state index is 10.3. The molecule has 0 amide bonds. The second-order valence-electron chi connectivity index (χ2n) is 4.17. The fraction of sp³-hybridized carbons (Fsp3) is 0.357. The molecule has 96 valence electrons. The van der Waals surface area contributed by atoms with E-state index < -0.39 is 6.10 Å². The van der Waals surface area contributed by atoms with Gasteiger partial charge in [-0.2, -0.15) is 5.10 Å². The van der Waals surface area contributed by atoms with Crippen LogP contribution >= 0.6 is 11.8 Å². The van der Waals surface area contributed by atoms with Crippen molar-refractivity contribution in [2.24, 2.45) is 0 Å². The first-order chi connectivity index (χ1) is 8.74. The summed E-state index contributed by atoms with van der Waals surface area (Å²) in [6, 6.07) is 7.99. The van der Waals surface area contributed by atoms with Crippen molar-refractivity contribution >= 4 is 11.8 Å². The van der Waals surface area contributed by atoms with Gasteiger partial charge in [0.15, 0.2) is 0 Å². The summed E-state index contributed by atoms with van der Waals surface area (Å²) in [5, 5.41) is 14.5.